The Bertz CT molecular complexity index is 690. The number of anilines is 1. The topological polar surface area (TPSA) is 62.3 Å². The van der Waals surface area contributed by atoms with Crippen LogP contribution in [0, 0.1) is 0 Å². The maximum Gasteiger partial charge on any atom is 0.286 e. The Labute approximate surface area is 146 Å². The molecule has 5 nitrogen and oxygen atoms in total. The number of nitrogens with zero attached hydrogens (tertiary/aromatic N) is 2. The van der Waals surface area contributed by atoms with Crippen LogP contribution in [0.25, 0.3) is 0 Å². The number of hydrogen-bond donors (Lipinski definition) is 1. The minimum Gasteiger partial charge on any atom is -0.339 e. The predicted molar refractivity (Wildman–Crippen MR) is 97.2 cm³/mol. The van der Waals surface area contributed by atoms with Gasteiger partial charge in [0.25, 0.3) is 5.24 Å². The molecule has 0 unspecified atom stereocenters. The van der Waals surface area contributed by atoms with E-state index in [0.29, 0.717) is 12.1 Å². The summed E-state index contributed by atoms with van der Waals surface area (Å²) in [6.07, 6.45) is 3.67. The molecule has 1 aromatic carbocycles. The standard InChI is InChI=1S/C18H21N3O2S/c1-21(2)18(23)24-16-11-4-3-10-15(16)20-17(22)12-7-9-14-8-5-6-13-19-14/h3-6,8,10-11,13H,7,9,12H2,1-2H3,(H,20,22). The van der Waals surface area contributed by atoms with Crippen LogP contribution in [0.15, 0.2) is 53.6 Å². The maximum absolute atomic E-state index is 12.1. The largest absolute Gasteiger partial charge is 0.339 e. The molecular formula is C18H21N3O2S. The second-order valence-electron chi connectivity index (χ2n) is 5.48. The molecular weight excluding hydrogens is 322 g/mol. The number of aryl methyl sites for hydroxylation is 1. The van der Waals surface area contributed by atoms with Crippen LogP contribution in [0.4, 0.5) is 10.5 Å². The van der Waals surface area contributed by atoms with E-state index >= 15 is 0 Å². The van der Waals surface area contributed by atoms with Crippen molar-refractivity contribution >= 4 is 28.6 Å². The predicted octanol–water partition coefficient (Wildman–Crippen LogP) is 3.82. The number of pyridine rings is 1. The van der Waals surface area contributed by atoms with Crippen LogP contribution in [-0.4, -0.2) is 35.1 Å². The van der Waals surface area contributed by atoms with Crippen molar-refractivity contribution in [3.63, 3.8) is 0 Å². The summed E-state index contributed by atoms with van der Waals surface area (Å²) in [5, 5.41) is 2.81. The molecule has 0 saturated carbocycles. The molecule has 6 heteroatoms. The van der Waals surface area contributed by atoms with E-state index in [2.05, 4.69) is 10.3 Å². The lowest BCUT2D eigenvalue weighted by molar-refractivity contribution is -0.116. The SMILES string of the molecule is CN(C)C(=O)Sc1ccccc1NC(=O)CCCc1ccccn1. The first-order chi connectivity index (χ1) is 11.6. The molecule has 2 rings (SSSR count). The summed E-state index contributed by atoms with van der Waals surface area (Å²) in [6, 6.07) is 13.1. The van der Waals surface area contributed by atoms with Gasteiger partial charge in [0, 0.05) is 37.3 Å². The van der Waals surface area contributed by atoms with E-state index in [1.54, 1.807) is 20.3 Å². The summed E-state index contributed by atoms with van der Waals surface area (Å²) in [4.78, 5) is 30.5. The van der Waals surface area contributed by atoms with Crippen molar-refractivity contribution in [1.82, 2.24) is 9.88 Å². The zero-order chi connectivity index (χ0) is 17.4. The summed E-state index contributed by atoms with van der Waals surface area (Å²) in [6.45, 7) is 0. The second kappa shape index (κ2) is 9.08. The molecule has 24 heavy (non-hydrogen) atoms. The van der Waals surface area contributed by atoms with Gasteiger partial charge in [-0.25, -0.2) is 0 Å². The lowest BCUT2D eigenvalue weighted by Crippen LogP contribution is -2.17. The molecule has 126 valence electrons. The minimum atomic E-state index is -0.0770. The van der Waals surface area contributed by atoms with Crippen LogP contribution in [0.1, 0.15) is 18.5 Å². The van der Waals surface area contributed by atoms with Crippen molar-refractivity contribution in [2.75, 3.05) is 19.4 Å². The summed E-state index contributed by atoms with van der Waals surface area (Å²) in [7, 11) is 3.41. The first-order valence-electron chi connectivity index (χ1n) is 7.74. The van der Waals surface area contributed by atoms with Crippen LogP contribution in [0.5, 0.6) is 0 Å². The van der Waals surface area contributed by atoms with E-state index in [0.717, 1.165) is 35.2 Å². The number of hydrogen-bond acceptors (Lipinski definition) is 4. The van der Waals surface area contributed by atoms with Crippen LogP contribution in [-0.2, 0) is 11.2 Å². The number of carbonyl (C=O) groups excluding carboxylic acids is 2. The maximum atomic E-state index is 12.1. The highest BCUT2D eigenvalue weighted by molar-refractivity contribution is 8.13. The van der Waals surface area contributed by atoms with Gasteiger partial charge in [-0.1, -0.05) is 18.2 Å². The van der Waals surface area contributed by atoms with Crippen molar-refractivity contribution in [3.8, 4) is 0 Å². The van der Waals surface area contributed by atoms with Crippen molar-refractivity contribution in [2.45, 2.75) is 24.2 Å². The third kappa shape index (κ3) is 5.70. The number of rotatable bonds is 6. The van der Waals surface area contributed by atoms with Gasteiger partial charge in [-0.3, -0.25) is 14.6 Å². The number of thioether (sulfide) groups is 1. The number of nitrogens with one attached hydrogen (secondary N) is 1. The van der Waals surface area contributed by atoms with Gasteiger partial charge in [-0.05, 0) is 48.9 Å². The molecule has 0 atom stereocenters. The Morgan fingerprint density at radius 2 is 1.88 bits per heavy atom. The summed E-state index contributed by atoms with van der Waals surface area (Å²) >= 11 is 1.10. The smallest absolute Gasteiger partial charge is 0.286 e. The van der Waals surface area contributed by atoms with Crippen LogP contribution < -0.4 is 5.32 Å². The van der Waals surface area contributed by atoms with Gasteiger partial charge >= 0.3 is 0 Å². The van der Waals surface area contributed by atoms with Crippen molar-refractivity contribution in [3.05, 3.63) is 54.4 Å². The number of amides is 2. The molecule has 1 heterocycles. The highest BCUT2D eigenvalue weighted by atomic mass is 32.2. The lowest BCUT2D eigenvalue weighted by Gasteiger charge is -2.13. The van der Waals surface area contributed by atoms with E-state index in [9.17, 15) is 9.59 Å². The number of para-hydroxylation sites is 1. The molecule has 2 amide bonds. The normalized spacial score (nSPS) is 10.2. The van der Waals surface area contributed by atoms with Gasteiger partial charge in [-0.15, -0.1) is 0 Å². The first-order valence-corrected chi connectivity index (χ1v) is 8.56. The Balaban J connectivity index is 1.88. The fraction of sp³-hybridized carbons (Fsp3) is 0.278. The highest BCUT2D eigenvalue weighted by Crippen LogP contribution is 2.28. The molecule has 1 aromatic heterocycles. The third-order valence-electron chi connectivity index (χ3n) is 3.29. The molecule has 0 radical (unpaired) electrons. The Morgan fingerprint density at radius 3 is 2.58 bits per heavy atom. The molecule has 0 aliphatic carbocycles. The van der Waals surface area contributed by atoms with Crippen molar-refractivity contribution in [2.24, 2.45) is 0 Å². The van der Waals surface area contributed by atoms with Crippen LogP contribution >= 0.6 is 11.8 Å². The van der Waals surface area contributed by atoms with E-state index in [-0.39, 0.29) is 11.1 Å². The molecule has 1 N–H and O–H groups in total. The number of aromatic nitrogens is 1. The van der Waals surface area contributed by atoms with E-state index in [1.165, 1.54) is 4.90 Å². The molecule has 0 bridgehead atoms. The van der Waals surface area contributed by atoms with E-state index in [1.807, 2.05) is 42.5 Å². The van der Waals surface area contributed by atoms with Crippen LogP contribution in [0.3, 0.4) is 0 Å². The molecule has 0 aliphatic rings. The number of benzene rings is 1. The average Bonchev–Trinajstić information content (AvgIpc) is 2.57. The molecule has 0 fully saturated rings. The van der Waals surface area contributed by atoms with Gasteiger partial charge < -0.3 is 10.2 Å². The Kier molecular flexibility index (Phi) is 6.81. The zero-order valence-electron chi connectivity index (χ0n) is 13.9. The van der Waals surface area contributed by atoms with Crippen molar-refractivity contribution < 1.29 is 9.59 Å². The fourth-order valence-electron chi connectivity index (χ4n) is 2.03. The number of carbonyl (C=O) groups is 2. The fourth-order valence-corrected chi connectivity index (χ4v) is 2.78. The zero-order valence-corrected chi connectivity index (χ0v) is 14.7. The molecule has 0 aliphatic heterocycles. The first kappa shape index (κ1) is 18.0. The highest BCUT2D eigenvalue weighted by Gasteiger charge is 2.12. The van der Waals surface area contributed by atoms with Gasteiger partial charge in [0.15, 0.2) is 0 Å². The summed E-state index contributed by atoms with van der Waals surface area (Å²) in [5.74, 6) is -0.0590. The van der Waals surface area contributed by atoms with Crippen molar-refractivity contribution in [1.29, 1.82) is 0 Å². The minimum absolute atomic E-state index is 0.0590. The van der Waals surface area contributed by atoms with E-state index < -0.39 is 0 Å². The van der Waals surface area contributed by atoms with Gasteiger partial charge in [0.05, 0.1) is 5.69 Å². The van der Waals surface area contributed by atoms with Crippen LogP contribution in [0.2, 0.25) is 0 Å². The molecule has 0 saturated heterocycles. The van der Waals surface area contributed by atoms with Gasteiger partial charge in [0.1, 0.15) is 0 Å². The quantitative estimate of drug-likeness (QED) is 0.810. The van der Waals surface area contributed by atoms with Gasteiger partial charge in [0.2, 0.25) is 5.91 Å². The summed E-state index contributed by atoms with van der Waals surface area (Å²) < 4.78 is 0. The molecule has 2 aromatic rings. The summed E-state index contributed by atoms with van der Waals surface area (Å²) in [5.41, 5.74) is 1.65. The third-order valence-corrected chi connectivity index (χ3v) is 4.40. The average molecular weight is 343 g/mol. The second-order valence-corrected chi connectivity index (χ2v) is 6.47. The van der Waals surface area contributed by atoms with E-state index in [4.69, 9.17) is 0 Å². The molecule has 0 spiro atoms. The van der Waals surface area contributed by atoms with Gasteiger partial charge in [-0.2, -0.15) is 0 Å². The Morgan fingerprint density at radius 1 is 1.12 bits per heavy atom. The lowest BCUT2D eigenvalue weighted by atomic mass is 10.1. The Hall–Kier alpha value is -2.34. The monoisotopic (exact) mass is 343 g/mol.